The summed E-state index contributed by atoms with van der Waals surface area (Å²) in [6, 6.07) is 7.82. The van der Waals surface area contributed by atoms with Gasteiger partial charge in [-0.3, -0.25) is 5.32 Å². The summed E-state index contributed by atoms with van der Waals surface area (Å²) < 4.78 is 20.7. The molecule has 1 unspecified atom stereocenters. The number of nitrogens with one attached hydrogen (secondary N) is 2. The molecule has 182 valence electrons. The van der Waals surface area contributed by atoms with Gasteiger partial charge in [-0.15, -0.1) is 0 Å². The van der Waals surface area contributed by atoms with E-state index in [0.717, 1.165) is 36.3 Å². The van der Waals surface area contributed by atoms with Gasteiger partial charge in [0.15, 0.2) is 5.13 Å². The monoisotopic (exact) mass is 524 g/mol. The van der Waals surface area contributed by atoms with Crippen LogP contribution in [-0.4, -0.2) is 42.1 Å². The molecule has 10 heteroatoms. The average molecular weight is 525 g/mol. The van der Waals surface area contributed by atoms with Crippen molar-refractivity contribution in [3.8, 4) is 5.75 Å². The summed E-state index contributed by atoms with van der Waals surface area (Å²) >= 11 is 13.7. The van der Waals surface area contributed by atoms with Crippen LogP contribution in [0.4, 0.5) is 14.3 Å². The van der Waals surface area contributed by atoms with Crippen molar-refractivity contribution in [2.45, 2.75) is 38.7 Å². The second-order valence-electron chi connectivity index (χ2n) is 8.30. The van der Waals surface area contributed by atoms with Gasteiger partial charge in [0, 0.05) is 17.1 Å². The fraction of sp³-hybridized carbons (Fsp3) is 0.417. The summed E-state index contributed by atoms with van der Waals surface area (Å²) in [6.45, 7) is 5.70. The van der Waals surface area contributed by atoms with Crippen LogP contribution in [-0.2, 0) is 0 Å². The number of carbonyl (C=O) groups is 1. The van der Waals surface area contributed by atoms with Gasteiger partial charge in [-0.2, -0.15) is 0 Å². The summed E-state index contributed by atoms with van der Waals surface area (Å²) in [7, 11) is 0. The molecule has 6 nitrogen and oxygen atoms in total. The minimum Gasteiger partial charge on any atom is -0.486 e. The van der Waals surface area contributed by atoms with Crippen LogP contribution >= 0.6 is 34.5 Å². The highest BCUT2D eigenvalue weighted by molar-refractivity contribution is 7.22. The third-order valence-electron chi connectivity index (χ3n) is 5.76. The number of carbonyl (C=O) groups excluding carboxylic acids is 1. The molecule has 1 fully saturated rings. The van der Waals surface area contributed by atoms with Gasteiger partial charge in [-0.05, 0) is 76.2 Å². The predicted octanol–water partition coefficient (Wildman–Crippen LogP) is 6.88. The molecule has 3 aromatic rings. The molecule has 34 heavy (non-hydrogen) atoms. The van der Waals surface area contributed by atoms with Gasteiger partial charge in [0.05, 0.1) is 15.2 Å². The summed E-state index contributed by atoms with van der Waals surface area (Å²) in [4.78, 5) is 19.2. The maximum atomic E-state index is 13.9. The molecule has 1 aliphatic heterocycles. The van der Waals surface area contributed by atoms with Gasteiger partial charge in [0.25, 0.3) is 0 Å². The van der Waals surface area contributed by atoms with Gasteiger partial charge >= 0.3 is 6.03 Å². The van der Waals surface area contributed by atoms with E-state index in [1.807, 2.05) is 12.1 Å². The van der Waals surface area contributed by atoms with E-state index in [9.17, 15) is 9.18 Å². The van der Waals surface area contributed by atoms with Gasteiger partial charge < -0.3 is 15.0 Å². The van der Waals surface area contributed by atoms with Crippen LogP contribution in [0.25, 0.3) is 10.2 Å². The summed E-state index contributed by atoms with van der Waals surface area (Å²) in [5.41, 5.74) is 1.14. The molecular weight excluding hydrogens is 498 g/mol. The zero-order valence-corrected chi connectivity index (χ0v) is 21.2. The number of thiazole rings is 1. The Balaban J connectivity index is 1.32. The predicted molar refractivity (Wildman–Crippen MR) is 137 cm³/mol. The Bertz CT molecular complexity index is 1150. The maximum absolute atomic E-state index is 13.9. The lowest BCUT2D eigenvalue weighted by atomic mass is 10.1. The molecule has 1 atom stereocenters. The van der Waals surface area contributed by atoms with Crippen LogP contribution in [0.3, 0.4) is 0 Å². The number of urea groups is 1. The van der Waals surface area contributed by atoms with Crippen LogP contribution < -0.4 is 15.4 Å². The molecule has 2 aromatic carbocycles. The molecule has 1 saturated heterocycles. The number of piperidine rings is 1. The summed E-state index contributed by atoms with van der Waals surface area (Å²) in [6.07, 6.45) is 4.22. The topological polar surface area (TPSA) is 66.5 Å². The van der Waals surface area contributed by atoms with E-state index in [-0.39, 0.29) is 11.1 Å². The van der Waals surface area contributed by atoms with E-state index >= 15 is 0 Å². The van der Waals surface area contributed by atoms with Crippen molar-refractivity contribution in [3.05, 3.63) is 51.8 Å². The Morgan fingerprint density at radius 3 is 2.82 bits per heavy atom. The average Bonchev–Trinajstić information content (AvgIpc) is 3.21. The van der Waals surface area contributed by atoms with Crippen molar-refractivity contribution in [2.24, 2.45) is 0 Å². The van der Waals surface area contributed by atoms with Crippen molar-refractivity contribution in [1.29, 1.82) is 0 Å². The Morgan fingerprint density at radius 1 is 1.24 bits per heavy atom. The van der Waals surface area contributed by atoms with E-state index in [0.29, 0.717) is 28.0 Å². The number of aromatic nitrogens is 1. The van der Waals surface area contributed by atoms with E-state index in [1.165, 1.54) is 42.7 Å². The number of ether oxygens (including phenoxy) is 1. The number of anilines is 1. The molecule has 2 amide bonds. The van der Waals surface area contributed by atoms with Crippen LogP contribution in [0, 0.1) is 5.82 Å². The van der Waals surface area contributed by atoms with E-state index in [1.54, 1.807) is 13.0 Å². The lowest BCUT2D eigenvalue weighted by Crippen LogP contribution is -2.34. The number of likely N-dealkylation sites (tertiary alicyclic amines) is 1. The standard InChI is InChI=1S/C24H27Cl2FN4O2S/c1-15(21-17(25)7-8-18(27)22(21)26)33-16-6-9-19-20(14-16)34-24(29-19)30-23(32)28-10-5-13-31-11-3-2-4-12-31/h6-9,14-15H,2-5,10-13H2,1H3,(H2,28,29,30,32). The molecule has 2 N–H and O–H groups in total. The fourth-order valence-electron chi connectivity index (χ4n) is 4.04. The van der Waals surface area contributed by atoms with E-state index < -0.39 is 11.9 Å². The third-order valence-corrected chi connectivity index (χ3v) is 7.41. The number of amides is 2. The van der Waals surface area contributed by atoms with E-state index in [2.05, 4.69) is 20.5 Å². The number of halogens is 3. The zero-order chi connectivity index (χ0) is 24.1. The highest BCUT2D eigenvalue weighted by Gasteiger charge is 2.19. The molecule has 1 aromatic heterocycles. The largest absolute Gasteiger partial charge is 0.486 e. The minimum atomic E-state index is -0.561. The first-order chi connectivity index (χ1) is 16.4. The summed E-state index contributed by atoms with van der Waals surface area (Å²) in [5, 5.41) is 6.49. The first-order valence-electron chi connectivity index (χ1n) is 11.4. The third kappa shape index (κ3) is 6.30. The molecule has 0 radical (unpaired) electrons. The van der Waals surface area contributed by atoms with Crippen LogP contribution in [0.15, 0.2) is 30.3 Å². The fourth-order valence-corrected chi connectivity index (χ4v) is 5.61. The van der Waals surface area contributed by atoms with Crippen LogP contribution in [0.5, 0.6) is 5.75 Å². The molecule has 4 rings (SSSR count). The number of benzene rings is 2. The number of nitrogens with zero attached hydrogens (tertiary/aromatic N) is 2. The van der Waals surface area contributed by atoms with Gasteiger partial charge in [-0.1, -0.05) is 41.0 Å². The molecule has 0 bridgehead atoms. The lowest BCUT2D eigenvalue weighted by molar-refractivity contribution is 0.224. The number of hydrogen-bond acceptors (Lipinski definition) is 5. The Labute approximate surface area is 212 Å². The SMILES string of the molecule is CC(Oc1ccc2nc(NC(=O)NCCCN3CCCCC3)sc2c1)c1c(Cl)ccc(F)c1Cl. The first-order valence-corrected chi connectivity index (χ1v) is 13.0. The van der Waals surface area contributed by atoms with Crippen molar-refractivity contribution in [1.82, 2.24) is 15.2 Å². The number of hydrogen-bond donors (Lipinski definition) is 2. The quantitative estimate of drug-likeness (QED) is 0.249. The van der Waals surface area contributed by atoms with Gasteiger partial charge in [-0.25, -0.2) is 14.2 Å². The Morgan fingerprint density at radius 2 is 2.03 bits per heavy atom. The van der Waals surface area contributed by atoms with Crippen molar-refractivity contribution < 1.29 is 13.9 Å². The highest BCUT2D eigenvalue weighted by atomic mass is 35.5. The molecular formula is C24H27Cl2FN4O2S. The number of rotatable bonds is 8. The van der Waals surface area contributed by atoms with Crippen LogP contribution in [0.1, 0.15) is 44.3 Å². The smallest absolute Gasteiger partial charge is 0.321 e. The lowest BCUT2D eigenvalue weighted by Gasteiger charge is -2.26. The van der Waals surface area contributed by atoms with Crippen molar-refractivity contribution in [3.63, 3.8) is 0 Å². The molecule has 2 heterocycles. The maximum Gasteiger partial charge on any atom is 0.321 e. The normalized spacial score (nSPS) is 15.3. The molecule has 0 aliphatic carbocycles. The van der Waals surface area contributed by atoms with Crippen LogP contribution in [0.2, 0.25) is 10.0 Å². The first kappa shape index (κ1) is 25.0. The van der Waals surface area contributed by atoms with Gasteiger partial charge in [0.1, 0.15) is 17.7 Å². The summed E-state index contributed by atoms with van der Waals surface area (Å²) in [5.74, 6) is 0.0173. The second kappa shape index (κ2) is 11.5. The number of fused-ring (bicyclic) bond motifs is 1. The molecule has 0 saturated carbocycles. The van der Waals surface area contributed by atoms with Crippen molar-refractivity contribution in [2.75, 3.05) is 31.5 Å². The molecule has 0 spiro atoms. The van der Waals surface area contributed by atoms with Gasteiger partial charge in [0.2, 0.25) is 0 Å². The van der Waals surface area contributed by atoms with E-state index in [4.69, 9.17) is 27.9 Å². The highest BCUT2D eigenvalue weighted by Crippen LogP contribution is 2.36. The van der Waals surface area contributed by atoms with Crippen molar-refractivity contribution >= 4 is 55.9 Å². The Hall–Kier alpha value is -2.13. The Kier molecular flexibility index (Phi) is 8.47. The zero-order valence-electron chi connectivity index (χ0n) is 18.9. The minimum absolute atomic E-state index is 0.0488. The molecule has 1 aliphatic rings. The second-order valence-corrected chi connectivity index (χ2v) is 10.1.